The van der Waals surface area contributed by atoms with E-state index in [-0.39, 0.29) is 0 Å². The van der Waals surface area contributed by atoms with Crippen LogP contribution in [0.25, 0.3) is 21.5 Å². The quantitative estimate of drug-likeness (QED) is 0.764. The molecule has 3 aromatic rings. The van der Waals surface area contributed by atoms with Gasteiger partial charge in [0.2, 0.25) is 0 Å². The lowest BCUT2D eigenvalue weighted by atomic mass is 10.1. The van der Waals surface area contributed by atoms with Crippen LogP contribution in [-0.4, -0.2) is 10.1 Å². The third-order valence-electron chi connectivity index (χ3n) is 3.14. The van der Waals surface area contributed by atoms with Gasteiger partial charge in [0, 0.05) is 17.5 Å². The number of nitrogens with zero attached hydrogens (tertiary/aromatic N) is 2. The van der Waals surface area contributed by atoms with Gasteiger partial charge in [-0.05, 0) is 31.0 Å². The van der Waals surface area contributed by atoms with E-state index in [4.69, 9.17) is 10.3 Å². The maximum absolute atomic E-state index is 5.57. The van der Waals surface area contributed by atoms with E-state index in [0.717, 1.165) is 11.1 Å². The van der Waals surface area contributed by atoms with E-state index in [1.807, 2.05) is 12.1 Å². The van der Waals surface area contributed by atoms with Crippen LogP contribution in [0.4, 0.5) is 5.82 Å². The first-order chi connectivity index (χ1) is 8.79. The Bertz CT molecular complexity index is 727. The third-order valence-corrected chi connectivity index (χ3v) is 4.33. The van der Waals surface area contributed by atoms with Crippen LogP contribution in [0.15, 0.2) is 28.8 Å². The minimum absolute atomic E-state index is 0.410. The molecule has 1 aliphatic carbocycles. The first kappa shape index (κ1) is 10.1. The smallest absolute Gasteiger partial charge is 0.169 e. The van der Waals surface area contributed by atoms with Gasteiger partial charge in [-0.3, -0.25) is 0 Å². The second-order valence-electron chi connectivity index (χ2n) is 4.62. The fourth-order valence-corrected chi connectivity index (χ4v) is 3.20. The van der Waals surface area contributed by atoms with Gasteiger partial charge in [0.05, 0.1) is 15.2 Å². The molecule has 5 heteroatoms. The molecule has 18 heavy (non-hydrogen) atoms. The van der Waals surface area contributed by atoms with Crippen LogP contribution in [-0.2, 0) is 0 Å². The van der Waals surface area contributed by atoms with Crippen molar-refractivity contribution in [3.63, 3.8) is 0 Å². The van der Waals surface area contributed by atoms with Crippen molar-refractivity contribution in [3.8, 4) is 11.3 Å². The van der Waals surface area contributed by atoms with Gasteiger partial charge in [0.1, 0.15) is 0 Å². The van der Waals surface area contributed by atoms with Gasteiger partial charge in [0.25, 0.3) is 0 Å². The molecular formula is C13H11N3OS. The van der Waals surface area contributed by atoms with Crippen molar-refractivity contribution in [2.45, 2.75) is 18.8 Å². The predicted molar refractivity (Wildman–Crippen MR) is 71.5 cm³/mol. The summed E-state index contributed by atoms with van der Waals surface area (Å²) in [6, 6.07) is 7.87. The Balaban J connectivity index is 1.82. The average molecular weight is 257 g/mol. The molecule has 1 saturated carbocycles. The molecule has 0 atom stereocenters. The van der Waals surface area contributed by atoms with Crippen molar-refractivity contribution in [2.75, 3.05) is 5.73 Å². The molecule has 0 bridgehead atoms. The molecule has 0 spiro atoms. The van der Waals surface area contributed by atoms with Crippen LogP contribution in [0.1, 0.15) is 23.8 Å². The minimum Gasteiger partial charge on any atom is -0.381 e. The van der Waals surface area contributed by atoms with Crippen LogP contribution in [0.5, 0.6) is 0 Å². The number of thiazole rings is 1. The molecule has 0 aliphatic heterocycles. The summed E-state index contributed by atoms with van der Waals surface area (Å²) in [5, 5.41) is 4.97. The van der Waals surface area contributed by atoms with Gasteiger partial charge in [0.15, 0.2) is 11.6 Å². The highest BCUT2D eigenvalue weighted by atomic mass is 32.1. The maximum atomic E-state index is 5.57. The third kappa shape index (κ3) is 1.59. The predicted octanol–water partition coefficient (Wildman–Crippen LogP) is 3.41. The van der Waals surface area contributed by atoms with Gasteiger partial charge >= 0.3 is 0 Å². The highest BCUT2D eigenvalue weighted by Gasteiger charge is 2.27. The first-order valence-corrected chi connectivity index (χ1v) is 6.74. The Hall–Kier alpha value is -1.88. The number of rotatable bonds is 2. The minimum atomic E-state index is 0.410. The zero-order valence-corrected chi connectivity index (χ0v) is 10.4. The summed E-state index contributed by atoms with van der Waals surface area (Å²) >= 11 is 1.78. The van der Waals surface area contributed by atoms with E-state index in [2.05, 4.69) is 16.2 Å². The van der Waals surface area contributed by atoms with E-state index in [0.29, 0.717) is 17.5 Å². The van der Waals surface area contributed by atoms with Gasteiger partial charge in [-0.2, -0.15) is 0 Å². The molecule has 0 amide bonds. The highest BCUT2D eigenvalue weighted by molar-refractivity contribution is 7.18. The zero-order chi connectivity index (χ0) is 12.1. The Morgan fingerprint density at radius 2 is 2.17 bits per heavy atom. The van der Waals surface area contributed by atoms with Crippen molar-refractivity contribution in [1.29, 1.82) is 0 Å². The normalized spacial score (nSPS) is 15.3. The van der Waals surface area contributed by atoms with Crippen molar-refractivity contribution in [2.24, 2.45) is 0 Å². The monoisotopic (exact) mass is 257 g/mol. The lowest BCUT2D eigenvalue weighted by Gasteiger charge is -1.94. The maximum Gasteiger partial charge on any atom is 0.169 e. The molecule has 1 aliphatic rings. The molecule has 4 rings (SSSR count). The molecule has 90 valence electrons. The molecule has 2 N–H and O–H groups in total. The molecular weight excluding hydrogens is 246 g/mol. The summed E-state index contributed by atoms with van der Waals surface area (Å²) in [6.45, 7) is 0. The molecule has 2 aromatic heterocycles. The van der Waals surface area contributed by atoms with Crippen LogP contribution in [0, 0.1) is 0 Å². The van der Waals surface area contributed by atoms with E-state index < -0.39 is 0 Å². The fraction of sp³-hybridized carbons (Fsp3) is 0.231. The Kier molecular flexibility index (Phi) is 1.99. The average Bonchev–Trinajstić information content (AvgIpc) is 2.99. The Morgan fingerprint density at radius 1 is 1.28 bits per heavy atom. The van der Waals surface area contributed by atoms with E-state index in [1.165, 1.54) is 22.5 Å². The van der Waals surface area contributed by atoms with Crippen LogP contribution in [0.2, 0.25) is 0 Å². The van der Waals surface area contributed by atoms with Crippen molar-refractivity contribution in [3.05, 3.63) is 29.3 Å². The second kappa shape index (κ2) is 3.55. The number of hydrogen-bond donors (Lipinski definition) is 1. The van der Waals surface area contributed by atoms with E-state index in [9.17, 15) is 0 Å². The van der Waals surface area contributed by atoms with Gasteiger partial charge < -0.3 is 10.3 Å². The van der Waals surface area contributed by atoms with Gasteiger partial charge in [-0.25, -0.2) is 4.98 Å². The summed E-state index contributed by atoms with van der Waals surface area (Å²) in [5.74, 6) is 1.82. The summed E-state index contributed by atoms with van der Waals surface area (Å²) < 4.78 is 6.37. The number of fused-ring (bicyclic) bond motifs is 1. The van der Waals surface area contributed by atoms with Gasteiger partial charge in [-0.1, -0.05) is 5.16 Å². The highest BCUT2D eigenvalue weighted by Crippen LogP contribution is 2.43. The van der Waals surface area contributed by atoms with Crippen molar-refractivity contribution in [1.82, 2.24) is 10.1 Å². The lowest BCUT2D eigenvalue weighted by molar-refractivity contribution is 0.436. The molecule has 1 aromatic carbocycles. The molecule has 0 unspecified atom stereocenters. The molecule has 2 heterocycles. The number of nitrogen functional groups attached to an aromatic ring is 1. The van der Waals surface area contributed by atoms with Crippen molar-refractivity contribution >= 4 is 27.4 Å². The fourth-order valence-electron chi connectivity index (χ4n) is 2.03. The summed E-state index contributed by atoms with van der Waals surface area (Å²) in [6.07, 6.45) is 2.57. The zero-order valence-electron chi connectivity index (χ0n) is 9.59. The standard InChI is InChI=1S/C13H11N3OS/c14-12-6-10(17-16-12)8-3-4-9-11(5-8)18-13(15-9)7-1-2-7/h3-7H,1-2H2,(H2,14,16). The van der Waals surface area contributed by atoms with E-state index in [1.54, 1.807) is 17.4 Å². The largest absolute Gasteiger partial charge is 0.381 e. The number of aromatic nitrogens is 2. The number of anilines is 1. The molecule has 0 saturated heterocycles. The van der Waals surface area contributed by atoms with Crippen molar-refractivity contribution < 1.29 is 4.52 Å². The molecule has 1 fully saturated rings. The molecule has 4 nitrogen and oxygen atoms in total. The van der Waals surface area contributed by atoms with Crippen LogP contribution in [0.3, 0.4) is 0 Å². The Labute approximate surface area is 107 Å². The van der Waals surface area contributed by atoms with Crippen LogP contribution >= 0.6 is 11.3 Å². The van der Waals surface area contributed by atoms with Crippen LogP contribution < -0.4 is 5.73 Å². The Morgan fingerprint density at radius 3 is 2.89 bits per heavy atom. The van der Waals surface area contributed by atoms with Gasteiger partial charge in [-0.15, -0.1) is 11.3 Å². The van der Waals surface area contributed by atoms with E-state index >= 15 is 0 Å². The number of hydrogen-bond acceptors (Lipinski definition) is 5. The second-order valence-corrected chi connectivity index (χ2v) is 5.69. The summed E-state index contributed by atoms with van der Waals surface area (Å²) in [5.41, 5.74) is 7.63. The molecule has 0 radical (unpaired) electrons. The summed E-state index contributed by atoms with van der Waals surface area (Å²) in [7, 11) is 0. The topological polar surface area (TPSA) is 64.9 Å². The lowest BCUT2D eigenvalue weighted by Crippen LogP contribution is -1.80. The number of nitrogens with two attached hydrogens (primary N) is 1. The SMILES string of the molecule is Nc1cc(-c2ccc3nc(C4CC4)sc3c2)on1. The first-order valence-electron chi connectivity index (χ1n) is 5.92. The summed E-state index contributed by atoms with van der Waals surface area (Å²) in [4.78, 5) is 4.66. The number of benzene rings is 1.